The van der Waals surface area contributed by atoms with Crippen LogP contribution < -0.4 is 5.32 Å². The molecule has 0 bridgehead atoms. The molecule has 0 fully saturated rings. The molecule has 0 atom stereocenters. The Bertz CT molecular complexity index is 749. The van der Waals surface area contributed by atoms with Crippen LogP contribution in [0.5, 0.6) is 0 Å². The second kappa shape index (κ2) is 5.97. The Morgan fingerprint density at radius 2 is 1.86 bits per heavy atom. The Balaban J connectivity index is 2.05. The number of benzene rings is 2. The lowest BCUT2D eigenvalue weighted by atomic mass is 10.1. The number of anilines is 2. The quantitative estimate of drug-likeness (QED) is 0.754. The summed E-state index contributed by atoms with van der Waals surface area (Å²) >= 11 is 0. The van der Waals surface area contributed by atoms with Crippen LogP contribution in [0.2, 0.25) is 0 Å². The van der Waals surface area contributed by atoms with E-state index in [-0.39, 0.29) is 6.61 Å². The van der Waals surface area contributed by atoms with E-state index in [1.165, 1.54) is 5.56 Å². The molecule has 4 heteroatoms. The number of aliphatic hydroxyl groups excluding tert-OH is 1. The molecule has 108 valence electrons. The lowest BCUT2D eigenvalue weighted by Crippen LogP contribution is -2.07. The van der Waals surface area contributed by atoms with E-state index in [0.717, 1.165) is 29.1 Å². The van der Waals surface area contributed by atoms with E-state index in [0.29, 0.717) is 6.54 Å². The largest absolute Gasteiger partial charge is 0.395 e. The summed E-state index contributed by atoms with van der Waals surface area (Å²) in [7, 11) is 0. The van der Waals surface area contributed by atoms with Gasteiger partial charge in [-0.2, -0.15) is 0 Å². The molecule has 0 aliphatic carbocycles. The first-order valence-corrected chi connectivity index (χ1v) is 7.24. The molecule has 0 saturated heterocycles. The number of aromatic nitrogens is 2. The van der Waals surface area contributed by atoms with E-state index in [2.05, 4.69) is 29.4 Å². The highest BCUT2D eigenvalue weighted by molar-refractivity contribution is 5.79. The third kappa shape index (κ3) is 2.62. The van der Waals surface area contributed by atoms with Crippen LogP contribution >= 0.6 is 0 Å². The minimum atomic E-state index is 0.0878. The molecule has 3 aromatic rings. The van der Waals surface area contributed by atoms with Crippen molar-refractivity contribution in [3.63, 3.8) is 0 Å². The zero-order valence-corrected chi connectivity index (χ0v) is 12.1. The molecule has 0 aliphatic heterocycles. The van der Waals surface area contributed by atoms with Crippen LogP contribution in [-0.2, 0) is 13.0 Å². The van der Waals surface area contributed by atoms with E-state index in [1.54, 1.807) is 0 Å². The maximum atomic E-state index is 9.31. The number of aliphatic hydroxyl groups is 1. The molecule has 0 aliphatic rings. The van der Waals surface area contributed by atoms with Crippen molar-refractivity contribution in [2.24, 2.45) is 0 Å². The molecular formula is C17H19N3O. The normalized spacial score (nSPS) is 11.0. The summed E-state index contributed by atoms with van der Waals surface area (Å²) < 4.78 is 2.02. The van der Waals surface area contributed by atoms with Crippen LogP contribution in [-0.4, -0.2) is 21.3 Å². The Kier molecular flexibility index (Phi) is 3.88. The van der Waals surface area contributed by atoms with Crippen molar-refractivity contribution >= 4 is 22.7 Å². The average molecular weight is 281 g/mol. The summed E-state index contributed by atoms with van der Waals surface area (Å²) in [6.45, 7) is 2.75. The van der Waals surface area contributed by atoms with E-state index in [4.69, 9.17) is 0 Å². The fourth-order valence-electron chi connectivity index (χ4n) is 2.57. The number of rotatable bonds is 5. The lowest BCUT2D eigenvalue weighted by Gasteiger charge is -2.12. The summed E-state index contributed by atoms with van der Waals surface area (Å²) in [5.74, 6) is 0.770. The maximum Gasteiger partial charge on any atom is 0.208 e. The maximum absolute atomic E-state index is 9.31. The van der Waals surface area contributed by atoms with Gasteiger partial charge in [-0.05, 0) is 30.2 Å². The number of nitrogens with zero attached hydrogens (tertiary/aromatic N) is 2. The van der Waals surface area contributed by atoms with Gasteiger partial charge in [-0.1, -0.05) is 37.3 Å². The Morgan fingerprint density at radius 3 is 2.67 bits per heavy atom. The fraction of sp³-hybridized carbons (Fsp3) is 0.235. The van der Waals surface area contributed by atoms with Crippen molar-refractivity contribution in [3.05, 3.63) is 54.1 Å². The summed E-state index contributed by atoms with van der Waals surface area (Å²) in [5, 5.41) is 12.7. The van der Waals surface area contributed by atoms with Crippen molar-refractivity contribution in [3.8, 4) is 0 Å². The van der Waals surface area contributed by atoms with E-state index in [9.17, 15) is 5.11 Å². The molecule has 2 aromatic carbocycles. The molecule has 4 nitrogen and oxygen atoms in total. The van der Waals surface area contributed by atoms with Crippen LogP contribution in [0.4, 0.5) is 11.6 Å². The van der Waals surface area contributed by atoms with Gasteiger partial charge in [0, 0.05) is 12.2 Å². The topological polar surface area (TPSA) is 50.1 Å². The SMILES string of the molecule is CCc1ccccc1Nc1nc2ccccc2n1CCO. The predicted octanol–water partition coefficient (Wildman–Crippen LogP) is 3.33. The van der Waals surface area contributed by atoms with Crippen LogP contribution in [0, 0.1) is 0 Å². The number of fused-ring (bicyclic) bond motifs is 1. The number of hydrogen-bond acceptors (Lipinski definition) is 3. The molecule has 0 radical (unpaired) electrons. The smallest absolute Gasteiger partial charge is 0.208 e. The summed E-state index contributed by atoms with van der Waals surface area (Å²) in [6, 6.07) is 16.2. The second-order valence-corrected chi connectivity index (χ2v) is 4.94. The highest BCUT2D eigenvalue weighted by Crippen LogP contribution is 2.24. The molecule has 0 amide bonds. The van der Waals surface area contributed by atoms with Crippen molar-refractivity contribution in [1.29, 1.82) is 0 Å². The van der Waals surface area contributed by atoms with Gasteiger partial charge in [0.25, 0.3) is 0 Å². The highest BCUT2D eigenvalue weighted by Gasteiger charge is 2.11. The van der Waals surface area contributed by atoms with Crippen LogP contribution in [0.15, 0.2) is 48.5 Å². The number of nitrogens with one attached hydrogen (secondary N) is 1. The fourth-order valence-corrected chi connectivity index (χ4v) is 2.57. The van der Waals surface area contributed by atoms with Crippen LogP contribution in [0.1, 0.15) is 12.5 Å². The molecule has 3 rings (SSSR count). The molecule has 1 heterocycles. The Hall–Kier alpha value is -2.33. The Morgan fingerprint density at radius 1 is 1.10 bits per heavy atom. The number of para-hydroxylation sites is 3. The van der Waals surface area contributed by atoms with Gasteiger partial charge in [0.1, 0.15) is 0 Å². The van der Waals surface area contributed by atoms with Crippen molar-refractivity contribution in [2.45, 2.75) is 19.9 Å². The average Bonchev–Trinajstić information content (AvgIpc) is 2.86. The van der Waals surface area contributed by atoms with Gasteiger partial charge >= 0.3 is 0 Å². The second-order valence-electron chi connectivity index (χ2n) is 4.94. The molecule has 21 heavy (non-hydrogen) atoms. The first-order valence-electron chi connectivity index (χ1n) is 7.24. The molecule has 0 spiro atoms. The standard InChI is InChI=1S/C17H19N3O/c1-2-13-7-3-4-8-14(13)18-17-19-15-9-5-6-10-16(15)20(17)11-12-21/h3-10,21H,2,11-12H2,1H3,(H,18,19). The van der Waals surface area contributed by atoms with E-state index >= 15 is 0 Å². The first-order chi connectivity index (χ1) is 10.3. The molecule has 0 unspecified atom stereocenters. The highest BCUT2D eigenvalue weighted by atomic mass is 16.3. The summed E-state index contributed by atoms with van der Waals surface area (Å²) in [5.41, 5.74) is 4.28. The number of hydrogen-bond donors (Lipinski definition) is 2. The van der Waals surface area contributed by atoms with Gasteiger partial charge < -0.3 is 15.0 Å². The molecule has 2 N–H and O–H groups in total. The summed E-state index contributed by atoms with van der Waals surface area (Å²) in [6.07, 6.45) is 0.962. The van der Waals surface area contributed by atoms with Crippen molar-refractivity contribution < 1.29 is 5.11 Å². The Labute approximate surface area is 124 Å². The first kappa shape index (κ1) is 13.6. The minimum Gasteiger partial charge on any atom is -0.395 e. The van der Waals surface area contributed by atoms with Crippen molar-refractivity contribution in [2.75, 3.05) is 11.9 Å². The predicted molar refractivity (Wildman–Crippen MR) is 85.9 cm³/mol. The lowest BCUT2D eigenvalue weighted by molar-refractivity contribution is 0.278. The molecule has 0 saturated carbocycles. The van der Waals surface area contributed by atoms with E-state index < -0.39 is 0 Å². The zero-order chi connectivity index (χ0) is 14.7. The van der Waals surface area contributed by atoms with Crippen LogP contribution in [0.25, 0.3) is 11.0 Å². The van der Waals surface area contributed by atoms with Gasteiger partial charge in [0.05, 0.1) is 17.6 Å². The number of aryl methyl sites for hydroxylation is 1. The summed E-state index contributed by atoms with van der Waals surface area (Å²) in [4.78, 5) is 4.64. The van der Waals surface area contributed by atoms with Crippen LogP contribution in [0.3, 0.4) is 0 Å². The van der Waals surface area contributed by atoms with Gasteiger partial charge in [0.15, 0.2) is 0 Å². The van der Waals surface area contributed by atoms with E-state index in [1.807, 2.05) is 41.0 Å². The number of imidazole rings is 1. The third-order valence-electron chi connectivity index (χ3n) is 3.62. The molecule has 1 aromatic heterocycles. The van der Waals surface area contributed by atoms with Gasteiger partial charge in [-0.15, -0.1) is 0 Å². The van der Waals surface area contributed by atoms with Crippen molar-refractivity contribution in [1.82, 2.24) is 9.55 Å². The third-order valence-corrected chi connectivity index (χ3v) is 3.62. The zero-order valence-electron chi connectivity index (χ0n) is 12.1. The molecular weight excluding hydrogens is 262 g/mol. The minimum absolute atomic E-state index is 0.0878. The van der Waals surface area contributed by atoms with Gasteiger partial charge in [-0.3, -0.25) is 0 Å². The van der Waals surface area contributed by atoms with Gasteiger partial charge in [-0.25, -0.2) is 4.98 Å². The monoisotopic (exact) mass is 281 g/mol. The van der Waals surface area contributed by atoms with Gasteiger partial charge in [0.2, 0.25) is 5.95 Å².